The third-order valence-electron chi connectivity index (χ3n) is 4.64. The van der Waals surface area contributed by atoms with E-state index in [0.717, 1.165) is 43.7 Å². The lowest BCUT2D eigenvalue weighted by molar-refractivity contribution is -0.132. The number of aromatic nitrogens is 3. The molecule has 128 valence electrons. The lowest BCUT2D eigenvalue weighted by Gasteiger charge is -2.31. The van der Waals surface area contributed by atoms with Crippen LogP contribution in [0.1, 0.15) is 36.6 Å². The number of amides is 1. The van der Waals surface area contributed by atoms with Crippen LogP contribution >= 0.6 is 23.8 Å². The Morgan fingerprint density at radius 2 is 2.17 bits per heavy atom. The highest BCUT2D eigenvalue weighted by molar-refractivity contribution is 7.71. The molecule has 1 amide bonds. The van der Waals surface area contributed by atoms with Crippen molar-refractivity contribution in [3.05, 3.63) is 45.4 Å². The fraction of sp³-hybridized carbons (Fsp3) is 0.471. The average molecular weight is 365 g/mol. The molecule has 1 N–H and O–H groups in total. The Kier molecular flexibility index (Phi) is 5.36. The minimum Gasteiger partial charge on any atom is -0.343 e. The summed E-state index contributed by atoms with van der Waals surface area (Å²) in [6.45, 7) is 1.55. The number of nitrogens with zero attached hydrogens (tertiary/aromatic N) is 3. The zero-order chi connectivity index (χ0) is 17.1. The molecule has 2 heterocycles. The van der Waals surface area contributed by atoms with E-state index >= 15 is 0 Å². The Morgan fingerprint density at radius 1 is 1.42 bits per heavy atom. The predicted octanol–water partition coefficient (Wildman–Crippen LogP) is 3.47. The van der Waals surface area contributed by atoms with Crippen LogP contribution in [0.25, 0.3) is 0 Å². The zero-order valence-corrected chi connectivity index (χ0v) is 15.2. The number of nitrogens with one attached hydrogen (secondary N) is 1. The summed E-state index contributed by atoms with van der Waals surface area (Å²) in [6.07, 6.45) is 3.11. The van der Waals surface area contributed by atoms with Gasteiger partial charge in [-0.25, -0.2) is 0 Å². The van der Waals surface area contributed by atoms with Gasteiger partial charge in [-0.15, -0.1) is 0 Å². The standard InChI is InChI=1S/C17H21ClN4OS/c1-21-16(19-20-17(21)24)13-7-9-22(10-8-13)15(23)6-5-12-3-2-4-14(18)11-12/h2-4,11,13H,5-10H2,1H3,(H,20,24). The molecule has 0 radical (unpaired) electrons. The summed E-state index contributed by atoms with van der Waals surface area (Å²) in [5, 5.41) is 7.88. The average Bonchev–Trinajstić information content (AvgIpc) is 2.92. The smallest absolute Gasteiger partial charge is 0.222 e. The van der Waals surface area contributed by atoms with Crippen LogP contribution in [0.2, 0.25) is 5.02 Å². The Balaban J connectivity index is 1.52. The van der Waals surface area contributed by atoms with E-state index in [1.54, 1.807) is 0 Å². The first-order valence-electron chi connectivity index (χ1n) is 8.18. The maximum Gasteiger partial charge on any atom is 0.222 e. The number of likely N-dealkylation sites (tertiary alicyclic amines) is 1. The number of rotatable bonds is 4. The van der Waals surface area contributed by atoms with Crippen molar-refractivity contribution in [2.45, 2.75) is 31.6 Å². The molecule has 1 aliphatic rings. The van der Waals surface area contributed by atoms with Crippen molar-refractivity contribution >= 4 is 29.7 Å². The Bertz CT molecular complexity index is 777. The summed E-state index contributed by atoms with van der Waals surface area (Å²) < 4.78 is 2.57. The third-order valence-corrected chi connectivity index (χ3v) is 5.24. The van der Waals surface area contributed by atoms with E-state index in [0.29, 0.717) is 22.1 Å². The van der Waals surface area contributed by atoms with Crippen LogP contribution in [-0.2, 0) is 18.3 Å². The second-order valence-corrected chi connectivity index (χ2v) is 7.05. The number of carbonyl (C=O) groups is 1. The fourth-order valence-electron chi connectivity index (χ4n) is 3.21. The number of aromatic amines is 1. The molecule has 5 nitrogen and oxygen atoms in total. The lowest BCUT2D eigenvalue weighted by Crippen LogP contribution is -2.38. The molecule has 1 aromatic carbocycles. The van der Waals surface area contributed by atoms with E-state index in [9.17, 15) is 4.79 Å². The molecule has 1 aliphatic heterocycles. The molecule has 1 saturated heterocycles. The van der Waals surface area contributed by atoms with E-state index in [1.807, 2.05) is 40.8 Å². The highest BCUT2D eigenvalue weighted by atomic mass is 35.5. The van der Waals surface area contributed by atoms with Gasteiger partial charge in [0, 0.05) is 37.5 Å². The molecular formula is C17H21ClN4OS. The first-order chi connectivity index (χ1) is 11.5. The van der Waals surface area contributed by atoms with Gasteiger partial charge in [0.1, 0.15) is 5.82 Å². The molecule has 0 aliphatic carbocycles. The Morgan fingerprint density at radius 3 is 2.79 bits per heavy atom. The SMILES string of the molecule is Cn1c(C2CCN(C(=O)CCc3cccc(Cl)c3)CC2)n[nH]c1=S. The minimum atomic E-state index is 0.212. The van der Waals surface area contributed by atoms with Crippen molar-refractivity contribution in [3.8, 4) is 0 Å². The molecule has 24 heavy (non-hydrogen) atoms. The van der Waals surface area contributed by atoms with Gasteiger partial charge in [-0.1, -0.05) is 23.7 Å². The van der Waals surface area contributed by atoms with Gasteiger partial charge in [0.15, 0.2) is 4.77 Å². The van der Waals surface area contributed by atoms with Crippen molar-refractivity contribution in [1.29, 1.82) is 0 Å². The van der Waals surface area contributed by atoms with Gasteiger partial charge < -0.3 is 9.47 Å². The van der Waals surface area contributed by atoms with Crippen LogP contribution in [0.15, 0.2) is 24.3 Å². The quantitative estimate of drug-likeness (QED) is 0.845. The largest absolute Gasteiger partial charge is 0.343 e. The van der Waals surface area contributed by atoms with E-state index < -0.39 is 0 Å². The van der Waals surface area contributed by atoms with E-state index in [-0.39, 0.29) is 5.91 Å². The number of aryl methyl sites for hydroxylation is 1. The predicted molar refractivity (Wildman–Crippen MR) is 96.7 cm³/mol. The third kappa shape index (κ3) is 3.87. The van der Waals surface area contributed by atoms with Crippen LogP contribution in [-0.4, -0.2) is 38.7 Å². The zero-order valence-electron chi connectivity index (χ0n) is 13.7. The van der Waals surface area contributed by atoms with Gasteiger partial charge in [0.05, 0.1) is 0 Å². The van der Waals surface area contributed by atoms with Gasteiger partial charge in [-0.3, -0.25) is 9.89 Å². The van der Waals surface area contributed by atoms with Gasteiger partial charge >= 0.3 is 0 Å². The highest BCUT2D eigenvalue weighted by Gasteiger charge is 2.26. The van der Waals surface area contributed by atoms with E-state index in [1.165, 1.54) is 0 Å². The van der Waals surface area contributed by atoms with Crippen molar-refractivity contribution in [2.24, 2.45) is 7.05 Å². The number of carbonyl (C=O) groups excluding carboxylic acids is 1. The van der Waals surface area contributed by atoms with Gasteiger partial charge in [-0.05, 0) is 49.2 Å². The van der Waals surface area contributed by atoms with E-state index in [2.05, 4.69) is 10.2 Å². The molecule has 0 bridgehead atoms. The second kappa shape index (κ2) is 7.49. The minimum absolute atomic E-state index is 0.212. The van der Waals surface area contributed by atoms with Gasteiger partial charge in [0.25, 0.3) is 0 Å². The summed E-state index contributed by atoms with van der Waals surface area (Å²) in [6, 6.07) is 7.70. The van der Waals surface area contributed by atoms with Crippen LogP contribution in [0.3, 0.4) is 0 Å². The number of hydrogen-bond donors (Lipinski definition) is 1. The number of piperidine rings is 1. The second-order valence-electron chi connectivity index (χ2n) is 6.23. The summed E-state index contributed by atoms with van der Waals surface area (Å²) >= 11 is 11.2. The molecule has 0 unspecified atom stereocenters. The molecule has 1 aromatic heterocycles. The molecule has 0 spiro atoms. The monoisotopic (exact) mass is 364 g/mol. The molecule has 1 fully saturated rings. The highest BCUT2D eigenvalue weighted by Crippen LogP contribution is 2.26. The molecule has 2 aromatic rings. The van der Waals surface area contributed by atoms with Crippen LogP contribution in [0.5, 0.6) is 0 Å². The fourth-order valence-corrected chi connectivity index (χ4v) is 3.57. The normalized spacial score (nSPS) is 15.7. The van der Waals surface area contributed by atoms with Gasteiger partial charge in [0.2, 0.25) is 5.91 Å². The summed E-state index contributed by atoms with van der Waals surface area (Å²) in [5.74, 6) is 1.56. The van der Waals surface area contributed by atoms with Gasteiger partial charge in [-0.2, -0.15) is 5.10 Å². The van der Waals surface area contributed by atoms with Crippen molar-refractivity contribution in [1.82, 2.24) is 19.7 Å². The lowest BCUT2D eigenvalue weighted by atomic mass is 9.95. The Hall–Kier alpha value is -1.66. The molecule has 0 atom stereocenters. The number of benzene rings is 1. The van der Waals surface area contributed by atoms with Crippen LogP contribution in [0, 0.1) is 4.77 Å². The van der Waals surface area contributed by atoms with Crippen LogP contribution in [0.4, 0.5) is 0 Å². The van der Waals surface area contributed by atoms with Crippen molar-refractivity contribution in [2.75, 3.05) is 13.1 Å². The topological polar surface area (TPSA) is 53.9 Å². The van der Waals surface area contributed by atoms with E-state index in [4.69, 9.17) is 23.8 Å². The maximum atomic E-state index is 12.4. The molecule has 0 saturated carbocycles. The number of H-pyrrole nitrogens is 1. The van der Waals surface area contributed by atoms with Crippen molar-refractivity contribution in [3.63, 3.8) is 0 Å². The summed E-state index contributed by atoms with van der Waals surface area (Å²) in [4.78, 5) is 14.4. The molecular weight excluding hydrogens is 344 g/mol. The Labute approximate surface area is 151 Å². The van der Waals surface area contributed by atoms with Crippen molar-refractivity contribution < 1.29 is 4.79 Å². The maximum absolute atomic E-state index is 12.4. The summed E-state index contributed by atoms with van der Waals surface area (Å²) in [5.41, 5.74) is 1.10. The first kappa shape index (κ1) is 17.2. The molecule has 3 rings (SSSR count). The summed E-state index contributed by atoms with van der Waals surface area (Å²) in [7, 11) is 1.93. The molecule has 7 heteroatoms. The number of hydrogen-bond acceptors (Lipinski definition) is 3. The van der Waals surface area contributed by atoms with Crippen LogP contribution < -0.4 is 0 Å². The number of halogens is 1. The first-order valence-corrected chi connectivity index (χ1v) is 8.96.